The van der Waals surface area contributed by atoms with E-state index in [1.807, 2.05) is 13.8 Å². The Morgan fingerprint density at radius 2 is 2.18 bits per heavy atom. The third kappa shape index (κ3) is 0.948. The third-order valence-electron chi connectivity index (χ3n) is 2.53. The van der Waals surface area contributed by atoms with Gasteiger partial charge in [0.2, 0.25) is 0 Å². The monoisotopic (exact) mass is 158 g/mol. The Morgan fingerprint density at radius 3 is 2.36 bits per heavy atom. The van der Waals surface area contributed by atoms with Crippen LogP contribution in [0.5, 0.6) is 0 Å². The van der Waals surface area contributed by atoms with Crippen molar-refractivity contribution in [2.45, 2.75) is 32.8 Å². The highest BCUT2D eigenvalue weighted by Crippen LogP contribution is 2.40. The lowest BCUT2D eigenvalue weighted by atomic mass is 9.76. The van der Waals surface area contributed by atoms with Crippen molar-refractivity contribution in [3.63, 3.8) is 0 Å². The van der Waals surface area contributed by atoms with Crippen LogP contribution in [0.25, 0.3) is 0 Å². The Kier molecular flexibility index (Phi) is 1.71. The number of esters is 1. The van der Waals surface area contributed by atoms with Crippen LogP contribution in [0.15, 0.2) is 0 Å². The van der Waals surface area contributed by atoms with Gasteiger partial charge in [-0.3, -0.25) is 0 Å². The zero-order valence-corrected chi connectivity index (χ0v) is 7.18. The Balaban J connectivity index is 2.97. The lowest BCUT2D eigenvalue weighted by Gasteiger charge is -2.29. The molecule has 3 heteroatoms. The summed E-state index contributed by atoms with van der Waals surface area (Å²) < 4.78 is 4.79. The first-order valence-electron chi connectivity index (χ1n) is 3.83. The summed E-state index contributed by atoms with van der Waals surface area (Å²) in [5.41, 5.74) is -1.72. The van der Waals surface area contributed by atoms with E-state index in [0.717, 1.165) is 0 Å². The summed E-state index contributed by atoms with van der Waals surface area (Å²) in [6.07, 6.45) is 0.416. The first-order chi connectivity index (χ1) is 4.94. The highest BCUT2D eigenvalue weighted by molar-refractivity contribution is 5.82. The van der Waals surface area contributed by atoms with Crippen molar-refractivity contribution in [3.05, 3.63) is 0 Å². The fourth-order valence-electron chi connectivity index (χ4n) is 1.38. The summed E-state index contributed by atoms with van der Waals surface area (Å²) in [5.74, 6) is -0.481. The Bertz CT molecular complexity index is 186. The molecule has 0 saturated carbocycles. The molecule has 0 aromatic rings. The smallest absolute Gasteiger partial charge is 0.338 e. The van der Waals surface area contributed by atoms with E-state index >= 15 is 0 Å². The fraction of sp³-hybridized carbons (Fsp3) is 0.875. The SMILES string of the molecule is CC[C@]1(O)C(=O)OCC1(C)C. The van der Waals surface area contributed by atoms with Gasteiger partial charge in [-0.25, -0.2) is 4.79 Å². The molecular weight excluding hydrogens is 144 g/mol. The molecule has 1 saturated heterocycles. The number of cyclic esters (lactones) is 1. The van der Waals surface area contributed by atoms with E-state index in [0.29, 0.717) is 13.0 Å². The molecule has 0 spiro atoms. The molecule has 1 heterocycles. The second-order valence-electron chi connectivity index (χ2n) is 3.67. The normalized spacial score (nSPS) is 35.5. The molecule has 0 aliphatic carbocycles. The number of hydrogen-bond donors (Lipinski definition) is 1. The lowest BCUT2D eigenvalue weighted by molar-refractivity contribution is -0.156. The predicted molar refractivity (Wildman–Crippen MR) is 40.0 cm³/mol. The minimum Gasteiger partial charge on any atom is -0.463 e. The van der Waals surface area contributed by atoms with Crippen LogP contribution < -0.4 is 0 Å². The van der Waals surface area contributed by atoms with Gasteiger partial charge in [-0.1, -0.05) is 20.8 Å². The predicted octanol–water partition coefficient (Wildman–Crippen LogP) is 0.710. The highest BCUT2D eigenvalue weighted by atomic mass is 16.6. The van der Waals surface area contributed by atoms with Crippen LogP contribution in [-0.4, -0.2) is 23.3 Å². The van der Waals surface area contributed by atoms with Crippen molar-refractivity contribution in [1.82, 2.24) is 0 Å². The van der Waals surface area contributed by atoms with Gasteiger partial charge in [0, 0.05) is 5.41 Å². The topological polar surface area (TPSA) is 46.5 Å². The van der Waals surface area contributed by atoms with Crippen LogP contribution in [0.4, 0.5) is 0 Å². The van der Waals surface area contributed by atoms with E-state index in [1.165, 1.54) is 0 Å². The van der Waals surface area contributed by atoms with E-state index in [4.69, 9.17) is 4.74 Å². The number of hydrogen-bond acceptors (Lipinski definition) is 3. The van der Waals surface area contributed by atoms with Gasteiger partial charge in [0.25, 0.3) is 0 Å². The largest absolute Gasteiger partial charge is 0.463 e. The van der Waals surface area contributed by atoms with Gasteiger partial charge in [-0.15, -0.1) is 0 Å². The Labute approximate surface area is 66.4 Å². The molecule has 0 amide bonds. The first kappa shape index (κ1) is 8.53. The number of ether oxygens (including phenoxy) is 1. The molecule has 0 aromatic carbocycles. The van der Waals surface area contributed by atoms with Crippen molar-refractivity contribution in [3.8, 4) is 0 Å². The van der Waals surface area contributed by atoms with E-state index in [2.05, 4.69) is 0 Å². The van der Waals surface area contributed by atoms with Crippen molar-refractivity contribution >= 4 is 5.97 Å². The van der Waals surface area contributed by atoms with Crippen molar-refractivity contribution in [1.29, 1.82) is 0 Å². The molecule has 0 radical (unpaired) electrons. The van der Waals surface area contributed by atoms with Gasteiger partial charge in [-0.05, 0) is 6.42 Å². The Morgan fingerprint density at radius 1 is 1.64 bits per heavy atom. The molecule has 11 heavy (non-hydrogen) atoms. The minimum absolute atomic E-state index is 0.316. The third-order valence-corrected chi connectivity index (χ3v) is 2.53. The van der Waals surface area contributed by atoms with Gasteiger partial charge in [0.15, 0.2) is 5.60 Å². The van der Waals surface area contributed by atoms with Crippen molar-refractivity contribution < 1.29 is 14.6 Å². The molecule has 0 aromatic heterocycles. The second-order valence-corrected chi connectivity index (χ2v) is 3.67. The summed E-state index contributed by atoms with van der Waals surface area (Å²) in [6.45, 7) is 5.77. The van der Waals surface area contributed by atoms with Crippen molar-refractivity contribution in [2.75, 3.05) is 6.61 Å². The molecule has 3 nitrogen and oxygen atoms in total. The molecule has 0 bridgehead atoms. The summed E-state index contributed by atoms with van der Waals surface area (Å²) in [6, 6.07) is 0. The Hall–Kier alpha value is -0.570. The first-order valence-corrected chi connectivity index (χ1v) is 3.83. The van der Waals surface area contributed by atoms with Crippen LogP contribution in [0.3, 0.4) is 0 Å². The van der Waals surface area contributed by atoms with Crippen LogP contribution in [-0.2, 0) is 9.53 Å². The number of rotatable bonds is 1. The van der Waals surface area contributed by atoms with E-state index in [-0.39, 0.29) is 0 Å². The summed E-state index contributed by atoms with van der Waals surface area (Å²) in [7, 11) is 0. The summed E-state index contributed by atoms with van der Waals surface area (Å²) >= 11 is 0. The molecule has 1 aliphatic heterocycles. The van der Waals surface area contributed by atoms with Crippen LogP contribution in [0.1, 0.15) is 27.2 Å². The molecule has 0 unspecified atom stereocenters. The maximum Gasteiger partial charge on any atom is 0.338 e. The van der Waals surface area contributed by atoms with E-state index in [1.54, 1.807) is 6.92 Å². The molecule has 1 rings (SSSR count). The van der Waals surface area contributed by atoms with Gasteiger partial charge >= 0.3 is 5.97 Å². The van der Waals surface area contributed by atoms with E-state index in [9.17, 15) is 9.90 Å². The molecule has 1 N–H and O–H groups in total. The number of carbonyl (C=O) groups is 1. The van der Waals surface area contributed by atoms with Gasteiger partial charge < -0.3 is 9.84 Å². The van der Waals surface area contributed by atoms with Crippen LogP contribution in [0, 0.1) is 5.41 Å². The van der Waals surface area contributed by atoms with Gasteiger partial charge in [-0.2, -0.15) is 0 Å². The maximum absolute atomic E-state index is 11.1. The van der Waals surface area contributed by atoms with Gasteiger partial charge in [0.05, 0.1) is 6.61 Å². The molecule has 1 atom stereocenters. The lowest BCUT2D eigenvalue weighted by Crippen LogP contribution is -2.45. The van der Waals surface area contributed by atoms with E-state index < -0.39 is 17.0 Å². The summed E-state index contributed by atoms with van der Waals surface area (Å²) in [4.78, 5) is 11.1. The molecule has 1 fully saturated rings. The number of carbonyl (C=O) groups excluding carboxylic acids is 1. The summed E-state index contributed by atoms with van der Waals surface area (Å²) in [5, 5.41) is 9.82. The van der Waals surface area contributed by atoms with Crippen LogP contribution >= 0.6 is 0 Å². The minimum atomic E-state index is -1.27. The quantitative estimate of drug-likeness (QED) is 0.572. The van der Waals surface area contributed by atoms with Gasteiger partial charge in [0.1, 0.15) is 0 Å². The average Bonchev–Trinajstić information content (AvgIpc) is 2.15. The molecule has 1 aliphatic rings. The maximum atomic E-state index is 11.1. The zero-order valence-electron chi connectivity index (χ0n) is 7.18. The van der Waals surface area contributed by atoms with Crippen molar-refractivity contribution in [2.24, 2.45) is 5.41 Å². The molecular formula is C8H14O3. The highest BCUT2D eigenvalue weighted by Gasteiger charge is 2.55. The standard InChI is InChI=1S/C8H14O3/c1-4-8(10)6(9)11-5-7(8,2)3/h10H,4-5H2,1-3H3/t8-/m0/s1. The molecule has 64 valence electrons. The average molecular weight is 158 g/mol. The van der Waals surface area contributed by atoms with Crippen LogP contribution in [0.2, 0.25) is 0 Å². The second kappa shape index (κ2) is 2.21. The fourth-order valence-corrected chi connectivity index (χ4v) is 1.38. The zero-order chi connectivity index (χ0) is 8.70. The number of aliphatic hydroxyl groups is 1.